The van der Waals surface area contributed by atoms with Gasteiger partial charge >= 0.3 is 6.18 Å². The lowest BCUT2D eigenvalue weighted by molar-refractivity contribution is -0.138. The molecule has 124 valence electrons. The Labute approximate surface area is 138 Å². The minimum atomic E-state index is -4.71. The van der Waals surface area contributed by atoms with Crippen molar-refractivity contribution in [2.75, 3.05) is 4.72 Å². The van der Waals surface area contributed by atoms with Crippen molar-refractivity contribution < 1.29 is 26.0 Å². The van der Waals surface area contributed by atoms with Crippen LogP contribution >= 0.6 is 15.9 Å². The number of aryl methyl sites for hydroxylation is 1. The Morgan fingerprint density at radius 2 is 1.74 bits per heavy atom. The molecule has 0 fully saturated rings. The topological polar surface area (TPSA) is 46.2 Å². The molecule has 2 rings (SSSR count). The first kappa shape index (κ1) is 17.7. The fraction of sp³-hybridized carbons (Fsp3) is 0.143. The van der Waals surface area contributed by atoms with Gasteiger partial charge in [0, 0.05) is 4.47 Å². The summed E-state index contributed by atoms with van der Waals surface area (Å²) in [6.45, 7) is 1.56. The van der Waals surface area contributed by atoms with Crippen LogP contribution in [0.5, 0.6) is 0 Å². The number of anilines is 1. The maximum Gasteiger partial charge on any atom is 0.417 e. The Morgan fingerprint density at radius 1 is 1.09 bits per heavy atom. The number of nitrogens with one attached hydrogen (secondary N) is 1. The zero-order valence-electron chi connectivity index (χ0n) is 11.6. The SMILES string of the molecule is Cc1cc(F)cc(NS(=O)(=O)c2ccc(Br)c(C(F)(F)F)c2)c1. The number of benzene rings is 2. The van der Waals surface area contributed by atoms with Crippen molar-refractivity contribution >= 4 is 31.6 Å². The van der Waals surface area contributed by atoms with Gasteiger partial charge in [0.05, 0.1) is 16.1 Å². The van der Waals surface area contributed by atoms with Gasteiger partial charge in [0.2, 0.25) is 0 Å². The molecule has 0 saturated carbocycles. The van der Waals surface area contributed by atoms with Crippen LogP contribution in [0.3, 0.4) is 0 Å². The molecule has 0 atom stereocenters. The number of rotatable bonds is 3. The smallest absolute Gasteiger partial charge is 0.280 e. The van der Waals surface area contributed by atoms with Gasteiger partial charge < -0.3 is 0 Å². The van der Waals surface area contributed by atoms with Gasteiger partial charge in [0.25, 0.3) is 10.0 Å². The van der Waals surface area contributed by atoms with Crippen molar-refractivity contribution in [3.8, 4) is 0 Å². The van der Waals surface area contributed by atoms with Crippen molar-refractivity contribution in [1.82, 2.24) is 0 Å². The molecular formula is C14H10BrF4NO2S. The lowest BCUT2D eigenvalue weighted by atomic mass is 10.2. The van der Waals surface area contributed by atoms with Crippen molar-refractivity contribution in [2.45, 2.75) is 18.0 Å². The van der Waals surface area contributed by atoms with Crippen LogP contribution in [-0.2, 0) is 16.2 Å². The highest BCUT2D eigenvalue weighted by atomic mass is 79.9. The van der Waals surface area contributed by atoms with E-state index in [1.54, 1.807) is 6.92 Å². The summed E-state index contributed by atoms with van der Waals surface area (Å²) in [6, 6.07) is 6.03. The van der Waals surface area contributed by atoms with E-state index in [-0.39, 0.29) is 10.2 Å². The highest BCUT2D eigenvalue weighted by Gasteiger charge is 2.34. The third kappa shape index (κ3) is 4.23. The minimum absolute atomic E-state index is 0.0704. The molecule has 0 aliphatic heterocycles. The summed E-state index contributed by atoms with van der Waals surface area (Å²) in [7, 11) is -4.28. The third-order valence-corrected chi connectivity index (χ3v) is 4.92. The molecule has 23 heavy (non-hydrogen) atoms. The Bertz CT molecular complexity index is 830. The molecule has 1 N–H and O–H groups in total. The third-order valence-electron chi connectivity index (χ3n) is 2.85. The molecule has 2 aromatic carbocycles. The number of halogens is 5. The minimum Gasteiger partial charge on any atom is -0.280 e. The molecule has 0 heterocycles. The van der Waals surface area contributed by atoms with E-state index in [0.717, 1.165) is 18.2 Å². The predicted octanol–water partition coefficient (Wildman–Crippen LogP) is 4.72. The van der Waals surface area contributed by atoms with Crippen LogP contribution in [-0.4, -0.2) is 8.42 Å². The van der Waals surface area contributed by atoms with Gasteiger partial charge in [0.1, 0.15) is 5.82 Å². The standard InChI is InChI=1S/C14H10BrF4NO2S/c1-8-4-9(16)6-10(5-8)20-23(21,22)11-2-3-13(15)12(7-11)14(17,18)19/h2-7,20H,1H3. The van der Waals surface area contributed by atoms with Gasteiger partial charge in [-0.05, 0) is 48.9 Å². The van der Waals surface area contributed by atoms with Crippen LogP contribution in [0, 0.1) is 12.7 Å². The predicted molar refractivity (Wildman–Crippen MR) is 81.1 cm³/mol. The molecule has 2 aromatic rings. The zero-order chi connectivity index (χ0) is 17.4. The van der Waals surface area contributed by atoms with Crippen LogP contribution in [0.2, 0.25) is 0 Å². The number of hydrogen-bond donors (Lipinski definition) is 1. The van der Waals surface area contributed by atoms with Crippen LogP contribution < -0.4 is 4.72 Å². The molecule has 3 nitrogen and oxygen atoms in total. The van der Waals surface area contributed by atoms with Gasteiger partial charge in [-0.3, -0.25) is 4.72 Å². The number of hydrogen-bond acceptors (Lipinski definition) is 2. The lowest BCUT2D eigenvalue weighted by Gasteiger charge is -2.13. The maximum atomic E-state index is 13.3. The van der Waals surface area contributed by atoms with Crippen LogP contribution in [0.25, 0.3) is 0 Å². The van der Waals surface area contributed by atoms with E-state index in [9.17, 15) is 26.0 Å². The van der Waals surface area contributed by atoms with E-state index < -0.39 is 32.5 Å². The van der Waals surface area contributed by atoms with Gasteiger partial charge in [-0.1, -0.05) is 15.9 Å². The largest absolute Gasteiger partial charge is 0.417 e. The normalized spacial score (nSPS) is 12.3. The second-order valence-electron chi connectivity index (χ2n) is 4.76. The molecule has 0 aliphatic carbocycles. The average Bonchev–Trinajstić information content (AvgIpc) is 2.35. The Hall–Kier alpha value is -1.61. The monoisotopic (exact) mass is 411 g/mol. The first-order valence-corrected chi connectivity index (χ1v) is 8.43. The summed E-state index contributed by atoms with van der Waals surface area (Å²) < 4.78 is 78.0. The number of alkyl halides is 3. The zero-order valence-corrected chi connectivity index (χ0v) is 14.0. The van der Waals surface area contributed by atoms with Crippen molar-refractivity contribution in [3.63, 3.8) is 0 Å². The van der Waals surface area contributed by atoms with E-state index >= 15 is 0 Å². The molecular weight excluding hydrogens is 402 g/mol. The fourth-order valence-electron chi connectivity index (χ4n) is 1.90. The molecule has 0 unspecified atom stereocenters. The van der Waals surface area contributed by atoms with Crippen molar-refractivity contribution in [3.05, 3.63) is 57.8 Å². The van der Waals surface area contributed by atoms with Crippen LogP contribution in [0.4, 0.5) is 23.2 Å². The molecule has 0 bridgehead atoms. The quantitative estimate of drug-likeness (QED) is 0.742. The maximum absolute atomic E-state index is 13.3. The average molecular weight is 412 g/mol. The van der Waals surface area contributed by atoms with E-state index in [4.69, 9.17) is 0 Å². The first-order chi connectivity index (χ1) is 10.5. The molecule has 0 amide bonds. The summed E-state index contributed by atoms with van der Waals surface area (Å²) >= 11 is 2.73. The second kappa shape index (κ2) is 6.12. The summed E-state index contributed by atoms with van der Waals surface area (Å²) in [5.74, 6) is -0.658. The van der Waals surface area contributed by atoms with Crippen LogP contribution in [0.1, 0.15) is 11.1 Å². The molecule has 0 aliphatic rings. The molecule has 9 heteroatoms. The summed E-state index contributed by atoms with van der Waals surface area (Å²) in [5, 5.41) is 0. The lowest BCUT2D eigenvalue weighted by Crippen LogP contribution is -2.15. The van der Waals surface area contributed by atoms with Crippen molar-refractivity contribution in [2.24, 2.45) is 0 Å². The van der Waals surface area contributed by atoms with E-state index in [1.165, 1.54) is 12.1 Å². The first-order valence-electron chi connectivity index (χ1n) is 6.16. The van der Waals surface area contributed by atoms with E-state index in [0.29, 0.717) is 11.6 Å². The Morgan fingerprint density at radius 3 is 2.30 bits per heavy atom. The number of sulfonamides is 1. The highest BCUT2D eigenvalue weighted by Crippen LogP contribution is 2.36. The summed E-state index contributed by atoms with van der Waals surface area (Å²) in [6.07, 6.45) is -4.71. The van der Waals surface area contributed by atoms with E-state index in [2.05, 4.69) is 20.7 Å². The Kier molecular flexibility index (Phi) is 4.72. The summed E-state index contributed by atoms with van der Waals surface area (Å²) in [4.78, 5) is -0.574. The molecule has 0 radical (unpaired) electrons. The van der Waals surface area contributed by atoms with Crippen LogP contribution in [0.15, 0.2) is 45.8 Å². The molecule has 0 spiro atoms. The Balaban J connectivity index is 2.44. The highest BCUT2D eigenvalue weighted by molar-refractivity contribution is 9.10. The molecule has 0 aromatic heterocycles. The molecule has 0 saturated heterocycles. The van der Waals surface area contributed by atoms with Crippen molar-refractivity contribution in [1.29, 1.82) is 0 Å². The van der Waals surface area contributed by atoms with Gasteiger partial charge in [-0.15, -0.1) is 0 Å². The van der Waals surface area contributed by atoms with E-state index in [1.807, 2.05) is 0 Å². The fourth-order valence-corrected chi connectivity index (χ4v) is 3.44. The van der Waals surface area contributed by atoms with Gasteiger partial charge in [-0.2, -0.15) is 13.2 Å². The summed E-state index contributed by atoms with van der Waals surface area (Å²) in [5.41, 5.74) is -0.718. The van der Waals surface area contributed by atoms with Gasteiger partial charge in [-0.25, -0.2) is 12.8 Å². The van der Waals surface area contributed by atoms with Gasteiger partial charge in [0.15, 0.2) is 0 Å². The second-order valence-corrected chi connectivity index (χ2v) is 7.30.